The average Bonchev–Trinajstić information content (AvgIpc) is 2.02. The predicted molar refractivity (Wildman–Crippen MR) is 65.9 cm³/mol. The maximum absolute atomic E-state index is 10.3. The molecule has 76 valence electrons. The molecule has 0 atom stereocenters. The molecule has 0 N–H and O–H groups in total. The van der Waals surface area contributed by atoms with Crippen molar-refractivity contribution < 1.29 is 9.45 Å². The highest BCUT2D eigenvalue weighted by molar-refractivity contribution is 9.73. The number of rotatable bonds is 3. The summed E-state index contributed by atoms with van der Waals surface area (Å²) in [7, 11) is 0. The first-order chi connectivity index (χ1) is 6.38. The topological polar surface area (TPSA) is 52.4 Å². The van der Waals surface area contributed by atoms with Crippen LogP contribution in [0.5, 0.6) is 5.75 Å². The zero-order chi connectivity index (χ0) is 10.8. The van der Waals surface area contributed by atoms with Gasteiger partial charge in [0.25, 0.3) is 5.69 Å². The quantitative estimate of drug-likeness (QED) is 0.464. The molecule has 0 fully saturated rings. The molecule has 0 saturated heterocycles. The van der Waals surface area contributed by atoms with E-state index in [9.17, 15) is 10.1 Å². The Hall–Kier alpha value is 0.0300. The van der Waals surface area contributed by atoms with E-state index in [0.717, 1.165) is 0 Å². The van der Waals surface area contributed by atoms with Gasteiger partial charge in [0, 0.05) is 43.1 Å². The van der Waals surface area contributed by atoms with Crippen molar-refractivity contribution in [3.05, 3.63) is 34.4 Å². The Morgan fingerprint density at radius 1 is 1.36 bits per heavy atom. The number of non-ortho nitro benzene ring substituents is 1. The second-order valence-corrected chi connectivity index (χ2v) is 16.5. The molecule has 4 nitrogen and oxygen atoms in total. The van der Waals surface area contributed by atoms with E-state index in [2.05, 4.69) is 31.0 Å². The first-order valence-corrected chi connectivity index (χ1v) is 10.1. The van der Waals surface area contributed by atoms with E-state index < -0.39 is 8.59 Å². The monoisotopic (exact) mass is 359 g/mol. The fourth-order valence-corrected chi connectivity index (χ4v) is 2.38. The first kappa shape index (κ1) is 12.1. The molecule has 0 radical (unpaired) electrons. The molecule has 0 amide bonds. The van der Waals surface area contributed by atoms with Crippen LogP contribution in [0.4, 0.5) is 5.69 Å². The number of nitro benzene ring substituents is 1. The number of halogens is 2. The minimum Gasteiger partial charge on any atom is -0.447 e. The lowest BCUT2D eigenvalue weighted by atomic mass is 10.3. The summed E-state index contributed by atoms with van der Waals surface area (Å²) >= 11 is 11.2. The summed E-state index contributed by atoms with van der Waals surface area (Å²) < 4.78 is 3.14. The fourth-order valence-electron chi connectivity index (χ4n) is 0.751. The maximum atomic E-state index is 10.3. The third-order valence-electron chi connectivity index (χ3n) is 1.26. The molecular formula is C6H4Br2NO3PS. The lowest BCUT2D eigenvalue weighted by Crippen LogP contribution is -1.87. The maximum Gasteiger partial charge on any atom is 0.269 e. The molecule has 0 spiro atoms. The van der Waals surface area contributed by atoms with Crippen molar-refractivity contribution in [2.24, 2.45) is 0 Å². The van der Waals surface area contributed by atoms with Gasteiger partial charge in [0.1, 0.15) is 5.75 Å². The number of nitrogens with zero attached hydrogens (tertiary/aromatic N) is 1. The summed E-state index contributed by atoms with van der Waals surface area (Å²) in [4.78, 5) is 9.86. The lowest BCUT2D eigenvalue weighted by Gasteiger charge is -2.08. The van der Waals surface area contributed by atoms with Gasteiger partial charge < -0.3 is 4.52 Å². The summed E-state index contributed by atoms with van der Waals surface area (Å²) in [6.45, 7) is 0. The molecule has 0 aliphatic heterocycles. The van der Waals surface area contributed by atoms with Crippen LogP contribution in [0, 0.1) is 10.1 Å². The van der Waals surface area contributed by atoms with Gasteiger partial charge in [0.2, 0.25) is 3.67 Å². The van der Waals surface area contributed by atoms with Crippen LogP contribution in [-0.4, -0.2) is 4.92 Å². The summed E-state index contributed by atoms with van der Waals surface area (Å²) in [5.74, 6) is 0.493. The van der Waals surface area contributed by atoms with E-state index in [1.165, 1.54) is 24.3 Å². The van der Waals surface area contributed by atoms with Crippen LogP contribution in [0.25, 0.3) is 0 Å². The highest BCUT2D eigenvalue weighted by Gasteiger charge is 2.10. The zero-order valence-corrected chi connectivity index (χ0v) is 11.5. The minimum atomic E-state index is -2.14. The minimum absolute atomic E-state index is 0.0230. The van der Waals surface area contributed by atoms with Gasteiger partial charge in [0.15, 0.2) is 0 Å². The Kier molecular flexibility index (Phi) is 4.06. The Morgan fingerprint density at radius 2 is 1.86 bits per heavy atom. The molecule has 0 aromatic heterocycles. The Bertz CT molecular complexity index is 391. The van der Waals surface area contributed by atoms with Crippen molar-refractivity contribution in [1.82, 2.24) is 0 Å². The SMILES string of the molecule is O=[N+]([O-])c1ccc(OP(=S)(Br)Br)cc1. The van der Waals surface area contributed by atoms with E-state index in [4.69, 9.17) is 16.3 Å². The van der Waals surface area contributed by atoms with Crippen LogP contribution in [-0.2, 0) is 11.8 Å². The van der Waals surface area contributed by atoms with Crippen LogP contribution >= 0.6 is 34.6 Å². The number of hydrogen-bond donors (Lipinski definition) is 0. The van der Waals surface area contributed by atoms with Crippen molar-refractivity contribution >= 4 is 52.1 Å². The van der Waals surface area contributed by atoms with Gasteiger partial charge in [-0.15, -0.1) is 0 Å². The van der Waals surface area contributed by atoms with Crippen LogP contribution in [0.15, 0.2) is 24.3 Å². The van der Waals surface area contributed by atoms with Crippen LogP contribution in [0.2, 0.25) is 0 Å². The second kappa shape index (κ2) is 4.70. The number of nitro groups is 1. The van der Waals surface area contributed by atoms with Gasteiger partial charge in [-0.05, 0) is 23.9 Å². The Labute approximate surface area is 101 Å². The molecule has 1 aromatic carbocycles. The van der Waals surface area contributed by atoms with Crippen LogP contribution in [0.3, 0.4) is 0 Å². The van der Waals surface area contributed by atoms with Crippen molar-refractivity contribution in [2.75, 3.05) is 0 Å². The van der Waals surface area contributed by atoms with Crippen molar-refractivity contribution in [3.8, 4) is 5.75 Å². The number of benzene rings is 1. The standard InChI is InChI=1S/C6H4Br2NO3PS/c7-13(8,14)12-6-3-1-5(2-4-6)9(10)11/h1-4H. The first-order valence-electron chi connectivity index (χ1n) is 3.32. The van der Waals surface area contributed by atoms with Gasteiger partial charge in [-0.3, -0.25) is 10.1 Å². The third kappa shape index (κ3) is 4.04. The van der Waals surface area contributed by atoms with E-state index in [0.29, 0.717) is 5.75 Å². The van der Waals surface area contributed by atoms with Gasteiger partial charge >= 0.3 is 0 Å². The van der Waals surface area contributed by atoms with E-state index in [1.54, 1.807) is 0 Å². The average molecular weight is 361 g/mol. The van der Waals surface area contributed by atoms with Gasteiger partial charge in [0.05, 0.1) is 4.92 Å². The highest BCUT2D eigenvalue weighted by Crippen LogP contribution is 2.62. The van der Waals surface area contributed by atoms with Crippen LogP contribution in [0.1, 0.15) is 0 Å². The van der Waals surface area contributed by atoms with Gasteiger partial charge in [-0.2, -0.15) is 0 Å². The normalized spacial score (nSPS) is 11.0. The Balaban J connectivity index is 2.84. The second-order valence-electron chi connectivity index (χ2n) is 2.26. The van der Waals surface area contributed by atoms with Crippen LogP contribution < -0.4 is 4.52 Å². The fraction of sp³-hybridized carbons (Fsp3) is 0. The van der Waals surface area contributed by atoms with E-state index in [1.807, 2.05) is 0 Å². The highest BCUT2D eigenvalue weighted by atomic mass is 79.9. The lowest BCUT2D eigenvalue weighted by molar-refractivity contribution is -0.384. The molecule has 0 heterocycles. The van der Waals surface area contributed by atoms with Gasteiger partial charge in [-0.25, -0.2) is 0 Å². The molecular weight excluding hydrogens is 357 g/mol. The molecule has 0 bridgehead atoms. The smallest absolute Gasteiger partial charge is 0.269 e. The third-order valence-corrected chi connectivity index (χ3v) is 2.77. The summed E-state index contributed by atoms with van der Waals surface area (Å²) in [6.07, 6.45) is 0. The molecule has 0 saturated carbocycles. The Morgan fingerprint density at radius 3 is 2.21 bits per heavy atom. The number of hydrogen-bond acceptors (Lipinski definition) is 4. The predicted octanol–water partition coefficient (Wildman–Crippen LogP) is 3.99. The molecule has 0 unspecified atom stereocenters. The summed E-state index contributed by atoms with van der Waals surface area (Å²) in [6, 6.07) is 5.73. The van der Waals surface area contributed by atoms with Crippen molar-refractivity contribution in [3.63, 3.8) is 0 Å². The van der Waals surface area contributed by atoms with Crippen molar-refractivity contribution in [2.45, 2.75) is 0 Å². The van der Waals surface area contributed by atoms with E-state index in [-0.39, 0.29) is 5.69 Å². The zero-order valence-electron chi connectivity index (χ0n) is 6.59. The van der Waals surface area contributed by atoms with Crippen molar-refractivity contribution in [1.29, 1.82) is 0 Å². The molecule has 1 aromatic rings. The summed E-state index contributed by atoms with van der Waals surface area (Å²) in [5, 5.41) is 10.3. The molecule has 0 aliphatic rings. The summed E-state index contributed by atoms with van der Waals surface area (Å²) in [5.41, 5.74) is 0.0230. The molecule has 8 heteroatoms. The largest absolute Gasteiger partial charge is 0.447 e. The van der Waals surface area contributed by atoms with E-state index >= 15 is 0 Å². The molecule has 1 rings (SSSR count). The van der Waals surface area contributed by atoms with Gasteiger partial charge in [-0.1, -0.05) is 0 Å². The molecule has 0 aliphatic carbocycles. The molecule has 14 heavy (non-hydrogen) atoms.